The van der Waals surface area contributed by atoms with E-state index in [9.17, 15) is 18.0 Å². The number of hydrogen-bond acceptors (Lipinski definition) is 4. The van der Waals surface area contributed by atoms with Crippen molar-refractivity contribution in [1.82, 2.24) is 15.2 Å². The van der Waals surface area contributed by atoms with Gasteiger partial charge in [0, 0.05) is 18.8 Å². The van der Waals surface area contributed by atoms with Gasteiger partial charge in [0.05, 0.1) is 6.54 Å². The predicted molar refractivity (Wildman–Crippen MR) is 66.8 cm³/mol. The molecule has 1 aromatic rings. The smallest absolute Gasteiger partial charge is 0.339 e. The molecule has 0 aliphatic carbocycles. The summed E-state index contributed by atoms with van der Waals surface area (Å²) < 4.78 is 37.1. The molecule has 0 spiro atoms. The lowest BCUT2D eigenvalue weighted by Crippen LogP contribution is -2.26. The van der Waals surface area contributed by atoms with Crippen LogP contribution in [-0.4, -0.2) is 36.4 Å². The number of amides is 1. The molecule has 0 aliphatic rings. The molecule has 1 amide bonds. The summed E-state index contributed by atoms with van der Waals surface area (Å²) >= 11 is 0.913. The van der Waals surface area contributed by atoms with Crippen molar-refractivity contribution in [3.05, 3.63) is 16.1 Å². The lowest BCUT2D eigenvalue weighted by atomic mass is 10.3. The molecule has 1 N–H and O–H groups in total. The number of thiazole rings is 1. The Morgan fingerprint density at radius 3 is 2.74 bits per heavy atom. The number of alkyl halides is 3. The zero-order valence-corrected chi connectivity index (χ0v) is 11.6. The van der Waals surface area contributed by atoms with Crippen LogP contribution in [0.4, 0.5) is 13.2 Å². The minimum atomic E-state index is -4.43. The largest absolute Gasteiger partial charge is 0.434 e. The highest BCUT2D eigenvalue weighted by molar-refractivity contribution is 7.09. The Kier molecular flexibility index (Phi) is 5.74. The van der Waals surface area contributed by atoms with E-state index in [4.69, 9.17) is 0 Å². The number of halogens is 3. The van der Waals surface area contributed by atoms with E-state index in [0.717, 1.165) is 23.3 Å². The van der Waals surface area contributed by atoms with Crippen molar-refractivity contribution >= 4 is 17.2 Å². The molecule has 0 aliphatic heterocycles. The second-order valence-electron chi connectivity index (χ2n) is 4.08. The first-order chi connectivity index (χ1) is 8.84. The van der Waals surface area contributed by atoms with Gasteiger partial charge in [0.1, 0.15) is 5.01 Å². The SMILES string of the molecule is CNCCCC(=O)N(C)Cc1nc(C(F)(F)F)cs1. The summed E-state index contributed by atoms with van der Waals surface area (Å²) in [5.41, 5.74) is -0.900. The van der Waals surface area contributed by atoms with Crippen molar-refractivity contribution in [1.29, 1.82) is 0 Å². The molecular weight excluding hydrogens is 279 g/mol. The van der Waals surface area contributed by atoms with Gasteiger partial charge in [0.25, 0.3) is 0 Å². The van der Waals surface area contributed by atoms with Crippen LogP contribution in [0.1, 0.15) is 23.5 Å². The number of rotatable bonds is 6. The molecule has 0 bridgehead atoms. The fourth-order valence-electron chi connectivity index (χ4n) is 1.41. The van der Waals surface area contributed by atoms with E-state index in [1.54, 1.807) is 14.1 Å². The molecule has 4 nitrogen and oxygen atoms in total. The van der Waals surface area contributed by atoms with Gasteiger partial charge in [-0.2, -0.15) is 13.2 Å². The molecular formula is C11H16F3N3OS. The Balaban J connectivity index is 2.50. The van der Waals surface area contributed by atoms with Gasteiger partial charge >= 0.3 is 6.18 Å². The van der Waals surface area contributed by atoms with Crippen molar-refractivity contribution in [2.45, 2.75) is 25.6 Å². The number of carbonyl (C=O) groups is 1. The average Bonchev–Trinajstić information content (AvgIpc) is 2.77. The summed E-state index contributed by atoms with van der Waals surface area (Å²) in [5, 5.41) is 4.18. The molecule has 108 valence electrons. The lowest BCUT2D eigenvalue weighted by molar-refractivity contribution is -0.140. The van der Waals surface area contributed by atoms with E-state index in [-0.39, 0.29) is 17.5 Å². The van der Waals surface area contributed by atoms with Gasteiger partial charge in [-0.05, 0) is 20.0 Å². The third kappa shape index (κ3) is 5.15. The van der Waals surface area contributed by atoms with Crippen LogP contribution in [0.3, 0.4) is 0 Å². The summed E-state index contributed by atoms with van der Waals surface area (Å²) in [6.07, 6.45) is -3.36. The summed E-state index contributed by atoms with van der Waals surface area (Å²) in [6.45, 7) is 0.841. The van der Waals surface area contributed by atoms with Crippen LogP contribution in [0.2, 0.25) is 0 Å². The van der Waals surface area contributed by atoms with E-state index in [2.05, 4.69) is 10.3 Å². The van der Waals surface area contributed by atoms with Gasteiger partial charge in [-0.15, -0.1) is 11.3 Å². The number of nitrogens with one attached hydrogen (secondary N) is 1. The van der Waals surface area contributed by atoms with E-state index in [1.165, 1.54) is 4.90 Å². The van der Waals surface area contributed by atoms with Gasteiger partial charge < -0.3 is 10.2 Å². The first kappa shape index (κ1) is 15.9. The van der Waals surface area contributed by atoms with Crippen LogP contribution < -0.4 is 5.32 Å². The van der Waals surface area contributed by atoms with Crippen molar-refractivity contribution in [3.8, 4) is 0 Å². The lowest BCUT2D eigenvalue weighted by Gasteiger charge is -2.15. The summed E-state index contributed by atoms with van der Waals surface area (Å²) in [6, 6.07) is 0. The number of carbonyl (C=O) groups excluding carboxylic acids is 1. The average molecular weight is 295 g/mol. The van der Waals surface area contributed by atoms with E-state index in [1.807, 2.05) is 0 Å². The minimum absolute atomic E-state index is 0.0981. The zero-order valence-electron chi connectivity index (χ0n) is 10.8. The maximum absolute atomic E-state index is 12.4. The molecule has 0 aromatic carbocycles. The van der Waals surface area contributed by atoms with Crippen LogP contribution >= 0.6 is 11.3 Å². The quantitative estimate of drug-likeness (QED) is 0.818. The monoisotopic (exact) mass is 295 g/mol. The van der Waals surface area contributed by atoms with Crippen molar-refractivity contribution in [2.24, 2.45) is 0 Å². The zero-order chi connectivity index (χ0) is 14.5. The Hall–Kier alpha value is -1.15. The summed E-state index contributed by atoms with van der Waals surface area (Å²) in [5.74, 6) is -0.0981. The molecule has 19 heavy (non-hydrogen) atoms. The van der Waals surface area contributed by atoms with Gasteiger partial charge in [-0.1, -0.05) is 0 Å². The van der Waals surface area contributed by atoms with E-state index >= 15 is 0 Å². The molecule has 1 heterocycles. The standard InChI is InChI=1S/C11H16F3N3OS/c1-15-5-3-4-10(18)17(2)6-9-16-8(7-19-9)11(12,13)14/h7,15H,3-6H2,1-2H3. The van der Waals surface area contributed by atoms with Crippen LogP contribution in [0, 0.1) is 0 Å². The Bertz CT molecular complexity index is 420. The highest BCUT2D eigenvalue weighted by atomic mass is 32.1. The van der Waals surface area contributed by atoms with Crippen LogP contribution in [-0.2, 0) is 17.5 Å². The second-order valence-corrected chi connectivity index (χ2v) is 5.02. The molecule has 0 saturated heterocycles. The fourth-order valence-corrected chi connectivity index (χ4v) is 2.27. The number of nitrogens with zero attached hydrogens (tertiary/aromatic N) is 2. The molecule has 0 atom stereocenters. The third-order valence-corrected chi connectivity index (χ3v) is 3.29. The van der Waals surface area contributed by atoms with Crippen LogP contribution in [0.25, 0.3) is 0 Å². The molecule has 1 rings (SSSR count). The Morgan fingerprint density at radius 1 is 1.53 bits per heavy atom. The van der Waals surface area contributed by atoms with E-state index in [0.29, 0.717) is 12.8 Å². The van der Waals surface area contributed by atoms with Crippen molar-refractivity contribution in [2.75, 3.05) is 20.6 Å². The van der Waals surface area contributed by atoms with Crippen LogP contribution in [0.15, 0.2) is 5.38 Å². The van der Waals surface area contributed by atoms with Gasteiger partial charge in [0.15, 0.2) is 5.69 Å². The molecule has 0 unspecified atom stereocenters. The van der Waals surface area contributed by atoms with Crippen LogP contribution in [0.5, 0.6) is 0 Å². The third-order valence-electron chi connectivity index (χ3n) is 2.46. The molecule has 8 heteroatoms. The molecule has 0 radical (unpaired) electrons. The molecule has 1 aromatic heterocycles. The van der Waals surface area contributed by atoms with Gasteiger partial charge in [-0.3, -0.25) is 4.79 Å². The maximum Gasteiger partial charge on any atom is 0.434 e. The summed E-state index contributed by atoms with van der Waals surface area (Å²) in [4.78, 5) is 16.6. The fraction of sp³-hybridized carbons (Fsp3) is 0.636. The normalized spacial score (nSPS) is 11.6. The first-order valence-corrected chi connectivity index (χ1v) is 6.62. The highest BCUT2D eigenvalue weighted by Crippen LogP contribution is 2.30. The van der Waals surface area contributed by atoms with Crippen molar-refractivity contribution < 1.29 is 18.0 Å². The predicted octanol–water partition coefficient (Wildman–Crippen LogP) is 2.12. The number of hydrogen-bond donors (Lipinski definition) is 1. The van der Waals surface area contributed by atoms with Gasteiger partial charge in [-0.25, -0.2) is 4.98 Å². The maximum atomic E-state index is 12.4. The Labute approximate surface area is 113 Å². The molecule has 0 fully saturated rings. The summed E-state index contributed by atoms with van der Waals surface area (Å²) in [7, 11) is 3.36. The highest BCUT2D eigenvalue weighted by Gasteiger charge is 2.33. The second kappa shape index (κ2) is 6.85. The minimum Gasteiger partial charge on any atom is -0.339 e. The van der Waals surface area contributed by atoms with E-state index < -0.39 is 11.9 Å². The van der Waals surface area contributed by atoms with Gasteiger partial charge in [0.2, 0.25) is 5.91 Å². The molecule has 0 saturated carbocycles. The first-order valence-electron chi connectivity index (χ1n) is 5.74. The number of aromatic nitrogens is 1. The van der Waals surface area contributed by atoms with Crippen molar-refractivity contribution in [3.63, 3.8) is 0 Å². The Morgan fingerprint density at radius 2 is 2.21 bits per heavy atom. The topological polar surface area (TPSA) is 45.2 Å².